The maximum Gasteiger partial charge on any atom is 0.341 e. The lowest BCUT2D eigenvalue weighted by Gasteiger charge is -2.22. The summed E-state index contributed by atoms with van der Waals surface area (Å²) in [7, 11) is 5.09. The van der Waals surface area contributed by atoms with Crippen LogP contribution in [0.1, 0.15) is 38.1 Å². The number of rotatable bonds is 6. The van der Waals surface area contributed by atoms with Crippen molar-refractivity contribution in [2.24, 2.45) is 0 Å². The topological polar surface area (TPSA) is 77.1 Å². The van der Waals surface area contributed by atoms with Crippen molar-refractivity contribution in [1.82, 2.24) is 4.90 Å². The van der Waals surface area contributed by atoms with E-state index in [1.54, 1.807) is 25.1 Å². The van der Waals surface area contributed by atoms with Crippen molar-refractivity contribution in [3.05, 3.63) is 39.8 Å². The second-order valence-corrected chi connectivity index (χ2v) is 7.58. The zero-order valence-corrected chi connectivity index (χ0v) is 18.5. The third-order valence-electron chi connectivity index (χ3n) is 4.57. The maximum absolute atomic E-state index is 12.9. The predicted octanol–water partition coefficient (Wildman–Crippen LogP) is 3.60. The van der Waals surface area contributed by atoms with Gasteiger partial charge in [-0.15, -0.1) is 23.7 Å². The number of halogens is 1. The van der Waals surface area contributed by atoms with E-state index < -0.39 is 5.97 Å². The molecule has 0 aliphatic carbocycles. The van der Waals surface area contributed by atoms with Gasteiger partial charge in [-0.25, -0.2) is 4.79 Å². The Bertz CT molecular complexity index is 877. The maximum atomic E-state index is 12.9. The standard InChI is InChI=1S/C20H24N2O5S.ClH/c1-5-27-20(24)17-15-6-7-22(2)11-16(15)28-19(17)21-18(23)12-8-13(25-3)10-14(9-12)26-4;/h8-10H,5-7,11H2,1-4H3,(H,21,23);1H. The summed E-state index contributed by atoms with van der Waals surface area (Å²) in [5.41, 5.74) is 1.83. The van der Waals surface area contributed by atoms with Crippen LogP contribution in [0.25, 0.3) is 0 Å². The van der Waals surface area contributed by atoms with Gasteiger partial charge in [-0.3, -0.25) is 4.79 Å². The minimum absolute atomic E-state index is 0. The Kier molecular flexibility index (Phi) is 7.89. The first-order valence-corrected chi connectivity index (χ1v) is 9.83. The molecule has 1 aromatic carbocycles. The Morgan fingerprint density at radius 2 is 1.83 bits per heavy atom. The molecule has 0 fully saturated rings. The third-order valence-corrected chi connectivity index (χ3v) is 5.70. The zero-order chi connectivity index (χ0) is 20.3. The van der Waals surface area contributed by atoms with Crippen LogP contribution >= 0.6 is 23.7 Å². The molecule has 158 valence electrons. The van der Waals surface area contributed by atoms with Gasteiger partial charge in [0.1, 0.15) is 16.5 Å². The molecular weight excluding hydrogens is 416 g/mol. The van der Waals surface area contributed by atoms with Crippen molar-refractivity contribution in [2.45, 2.75) is 19.9 Å². The van der Waals surface area contributed by atoms with Crippen molar-refractivity contribution in [2.75, 3.05) is 39.7 Å². The molecule has 0 bridgehead atoms. The number of hydrogen-bond acceptors (Lipinski definition) is 7. The van der Waals surface area contributed by atoms with Gasteiger partial charge in [0, 0.05) is 29.6 Å². The molecule has 1 N–H and O–H groups in total. The number of ether oxygens (including phenoxy) is 3. The number of amides is 1. The fraction of sp³-hybridized carbons (Fsp3) is 0.400. The van der Waals surface area contributed by atoms with Gasteiger partial charge in [-0.2, -0.15) is 0 Å². The number of likely N-dealkylation sites (N-methyl/N-ethyl adjacent to an activating group) is 1. The van der Waals surface area contributed by atoms with Crippen LogP contribution in [-0.2, 0) is 17.7 Å². The van der Waals surface area contributed by atoms with Crippen LogP contribution in [0.2, 0.25) is 0 Å². The second-order valence-electron chi connectivity index (χ2n) is 6.47. The Balaban J connectivity index is 0.00000300. The average Bonchev–Trinajstić information content (AvgIpc) is 3.04. The monoisotopic (exact) mass is 440 g/mol. The van der Waals surface area contributed by atoms with Gasteiger partial charge in [0.15, 0.2) is 0 Å². The van der Waals surface area contributed by atoms with Gasteiger partial charge >= 0.3 is 5.97 Å². The van der Waals surface area contributed by atoms with Crippen LogP contribution in [0.3, 0.4) is 0 Å². The molecule has 0 radical (unpaired) electrons. The summed E-state index contributed by atoms with van der Waals surface area (Å²) in [6.07, 6.45) is 0.749. The molecule has 7 nitrogen and oxygen atoms in total. The number of esters is 1. The highest BCUT2D eigenvalue weighted by atomic mass is 35.5. The van der Waals surface area contributed by atoms with Crippen LogP contribution in [0.15, 0.2) is 18.2 Å². The van der Waals surface area contributed by atoms with E-state index >= 15 is 0 Å². The van der Waals surface area contributed by atoms with E-state index in [1.807, 2.05) is 7.05 Å². The summed E-state index contributed by atoms with van der Waals surface area (Å²) in [4.78, 5) is 28.7. The molecule has 0 unspecified atom stereocenters. The van der Waals surface area contributed by atoms with E-state index in [4.69, 9.17) is 14.2 Å². The highest BCUT2D eigenvalue weighted by Crippen LogP contribution is 2.38. The first-order chi connectivity index (χ1) is 13.5. The molecule has 1 amide bonds. The smallest absolute Gasteiger partial charge is 0.341 e. The number of nitrogens with one attached hydrogen (secondary N) is 1. The summed E-state index contributed by atoms with van der Waals surface area (Å²) >= 11 is 1.43. The SMILES string of the molecule is CCOC(=O)c1c(NC(=O)c2cc(OC)cc(OC)c2)sc2c1CCN(C)C2.Cl. The van der Waals surface area contributed by atoms with Gasteiger partial charge < -0.3 is 24.4 Å². The number of nitrogens with zero attached hydrogens (tertiary/aromatic N) is 1. The van der Waals surface area contributed by atoms with Crippen LogP contribution in [0, 0.1) is 0 Å². The number of carbonyl (C=O) groups is 2. The van der Waals surface area contributed by atoms with Crippen molar-refractivity contribution in [3.8, 4) is 11.5 Å². The van der Waals surface area contributed by atoms with E-state index in [2.05, 4.69) is 10.2 Å². The lowest BCUT2D eigenvalue weighted by molar-refractivity contribution is 0.0526. The molecule has 9 heteroatoms. The second kappa shape index (κ2) is 9.96. The van der Waals surface area contributed by atoms with E-state index in [9.17, 15) is 9.59 Å². The molecule has 1 aliphatic rings. The minimum atomic E-state index is -0.400. The average molecular weight is 441 g/mol. The van der Waals surface area contributed by atoms with Gasteiger partial charge in [0.05, 0.1) is 26.4 Å². The van der Waals surface area contributed by atoms with Gasteiger partial charge in [0.25, 0.3) is 5.91 Å². The van der Waals surface area contributed by atoms with Gasteiger partial charge in [0.2, 0.25) is 0 Å². The van der Waals surface area contributed by atoms with Gasteiger partial charge in [-0.05, 0) is 38.1 Å². The molecule has 0 saturated carbocycles. The number of benzene rings is 1. The summed E-state index contributed by atoms with van der Waals surface area (Å²) in [5.74, 6) is 0.294. The van der Waals surface area contributed by atoms with Crippen LogP contribution < -0.4 is 14.8 Å². The minimum Gasteiger partial charge on any atom is -0.497 e. The van der Waals surface area contributed by atoms with Crippen molar-refractivity contribution in [3.63, 3.8) is 0 Å². The van der Waals surface area contributed by atoms with Crippen LogP contribution in [0.5, 0.6) is 11.5 Å². The quantitative estimate of drug-likeness (QED) is 0.691. The molecule has 2 aromatic rings. The van der Waals surface area contributed by atoms with Crippen LogP contribution in [0.4, 0.5) is 5.00 Å². The Labute approximate surface area is 180 Å². The Morgan fingerprint density at radius 3 is 2.41 bits per heavy atom. The molecular formula is C20H25ClN2O5S. The Morgan fingerprint density at radius 1 is 1.17 bits per heavy atom. The number of anilines is 1. The summed E-state index contributed by atoms with van der Waals surface area (Å²) in [5, 5.41) is 3.41. The molecule has 0 spiro atoms. The number of thiophene rings is 1. The van der Waals surface area contributed by atoms with Crippen molar-refractivity contribution < 1.29 is 23.8 Å². The molecule has 29 heavy (non-hydrogen) atoms. The van der Waals surface area contributed by atoms with Crippen LogP contribution in [-0.4, -0.2) is 51.2 Å². The van der Waals surface area contributed by atoms with E-state index in [1.165, 1.54) is 25.6 Å². The van der Waals surface area contributed by atoms with Gasteiger partial charge in [-0.1, -0.05) is 0 Å². The Hall–Kier alpha value is -2.29. The van der Waals surface area contributed by atoms with E-state index in [0.717, 1.165) is 30.0 Å². The predicted molar refractivity (Wildman–Crippen MR) is 115 cm³/mol. The highest BCUT2D eigenvalue weighted by molar-refractivity contribution is 7.17. The summed E-state index contributed by atoms with van der Waals surface area (Å²) < 4.78 is 15.7. The first-order valence-electron chi connectivity index (χ1n) is 9.01. The highest BCUT2D eigenvalue weighted by Gasteiger charge is 2.29. The fourth-order valence-corrected chi connectivity index (χ4v) is 4.46. The first kappa shape index (κ1) is 23.0. The number of carbonyl (C=O) groups excluding carboxylic acids is 2. The lowest BCUT2D eigenvalue weighted by atomic mass is 10.0. The lowest BCUT2D eigenvalue weighted by Crippen LogP contribution is -2.26. The summed E-state index contributed by atoms with van der Waals surface area (Å²) in [6, 6.07) is 4.95. The fourth-order valence-electron chi connectivity index (χ4n) is 3.15. The largest absolute Gasteiger partial charge is 0.497 e. The molecule has 0 saturated heterocycles. The molecule has 0 atom stereocenters. The molecule has 1 aromatic heterocycles. The number of hydrogen-bond donors (Lipinski definition) is 1. The number of methoxy groups -OCH3 is 2. The normalized spacial score (nSPS) is 13.1. The zero-order valence-electron chi connectivity index (χ0n) is 16.9. The summed E-state index contributed by atoms with van der Waals surface area (Å²) in [6.45, 7) is 3.65. The number of fused-ring (bicyclic) bond motifs is 1. The molecule has 1 aliphatic heterocycles. The molecule has 2 heterocycles. The van der Waals surface area contributed by atoms with Crippen molar-refractivity contribution in [1.29, 1.82) is 0 Å². The van der Waals surface area contributed by atoms with E-state index in [0.29, 0.717) is 27.6 Å². The molecule has 3 rings (SSSR count). The van der Waals surface area contributed by atoms with Crippen molar-refractivity contribution >= 4 is 40.6 Å². The third kappa shape index (κ3) is 5.01. The van der Waals surface area contributed by atoms with E-state index in [-0.39, 0.29) is 24.9 Å².